The summed E-state index contributed by atoms with van der Waals surface area (Å²) in [6.45, 7) is 5.39. The molecular weight excluding hydrogens is 258 g/mol. The minimum Gasteiger partial charge on any atom is -0.381 e. The maximum Gasteiger partial charge on any atom is 0.0466 e. The third-order valence-corrected chi connectivity index (χ3v) is 4.04. The summed E-state index contributed by atoms with van der Waals surface area (Å²) in [7, 11) is 4.26. The normalized spacial score (nSPS) is 11.4. The lowest BCUT2D eigenvalue weighted by atomic mass is 10.1. The van der Waals surface area contributed by atoms with E-state index in [1.807, 2.05) is 0 Å². The molecular formula is C19H41NO. The largest absolute Gasteiger partial charge is 0.381 e. The van der Waals surface area contributed by atoms with Crippen LogP contribution in [0, 0.1) is 0 Å². The minimum atomic E-state index is 0.950. The fourth-order valence-corrected chi connectivity index (χ4v) is 2.60. The van der Waals surface area contributed by atoms with Gasteiger partial charge in [-0.15, -0.1) is 0 Å². The molecule has 0 aromatic heterocycles. The molecule has 0 amide bonds. The van der Waals surface area contributed by atoms with Crippen molar-refractivity contribution in [3.05, 3.63) is 0 Å². The second kappa shape index (κ2) is 18.0. The first-order valence-electron chi connectivity index (χ1n) is 9.50. The zero-order valence-corrected chi connectivity index (χ0v) is 15.2. The zero-order chi connectivity index (χ0) is 15.6. The van der Waals surface area contributed by atoms with E-state index >= 15 is 0 Å². The van der Waals surface area contributed by atoms with Crippen molar-refractivity contribution < 1.29 is 4.74 Å². The van der Waals surface area contributed by atoms with Crippen LogP contribution in [0.2, 0.25) is 0 Å². The molecule has 0 radical (unpaired) electrons. The van der Waals surface area contributed by atoms with Gasteiger partial charge < -0.3 is 9.64 Å². The van der Waals surface area contributed by atoms with E-state index in [1.165, 1.54) is 90.0 Å². The first-order valence-corrected chi connectivity index (χ1v) is 9.50. The lowest BCUT2D eigenvalue weighted by molar-refractivity contribution is 0.124. The Kier molecular flexibility index (Phi) is 17.9. The Balaban J connectivity index is 2.93. The van der Waals surface area contributed by atoms with Gasteiger partial charge in [0.2, 0.25) is 0 Å². The van der Waals surface area contributed by atoms with Crippen LogP contribution in [0.5, 0.6) is 0 Å². The Morgan fingerprint density at radius 3 is 1.48 bits per heavy atom. The molecule has 2 nitrogen and oxygen atoms in total. The minimum absolute atomic E-state index is 0.950. The molecule has 0 atom stereocenters. The maximum atomic E-state index is 5.68. The third-order valence-electron chi connectivity index (χ3n) is 4.04. The highest BCUT2D eigenvalue weighted by Crippen LogP contribution is 2.11. The summed E-state index contributed by atoms with van der Waals surface area (Å²) >= 11 is 0. The molecule has 0 N–H and O–H groups in total. The molecule has 0 rings (SSSR count). The van der Waals surface area contributed by atoms with E-state index in [4.69, 9.17) is 4.74 Å². The van der Waals surface area contributed by atoms with Crippen molar-refractivity contribution in [2.45, 2.75) is 90.4 Å². The standard InChI is InChI=1S/C19H41NO/c1-4-5-6-7-8-9-10-11-12-13-15-18-21-19-16-14-17-20(2)3/h4-19H2,1-3H3. The molecule has 0 bridgehead atoms. The zero-order valence-electron chi connectivity index (χ0n) is 15.2. The smallest absolute Gasteiger partial charge is 0.0466 e. The Bertz CT molecular complexity index is 182. The van der Waals surface area contributed by atoms with Gasteiger partial charge in [0.1, 0.15) is 0 Å². The van der Waals surface area contributed by atoms with Gasteiger partial charge in [0.15, 0.2) is 0 Å². The van der Waals surface area contributed by atoms with E-state index in [1.54, 1.807) is 0 Å². The molecule has 21 heavy (non-hydrogen) atoms. The van der Waals surface area contributed by atoms with Crippen molar-refractivity contribution in [2.24, 2.45) is 0 Å². The van der Waals surface area contributed by atoms with Crippen LogP contribution < -0.4 is 0 Å². The Morgan fingerprint density at radius 1 is 0.571 bits per heavy atom. The van der Waals surface area contributed by atoms with Crippen LogP contribution in [0.3, 0.4) is 0 Å². The lowest BCUT2D eigenvalue weighted by Gasteiger charge is -2.09. The van der Waals surface area contributed by atoms with E-state index in [-0.39, 0.29) is 0 Å². The molecule has 0 aliphatic heterocycles. The van der Waals surface area contributed by atoms with Crippen molar-refractivity contribution in [1.29, 1.82) is 0 Å². The number of hydrogen-bond acceptors (Lipinski definition) is 2. The van der Waals surface area contributed by atoms with E-state index < -0.39 is 0 Å². The van der Waals surface area contributed by atoms with Gasteiger partial charge in [-0.3, -0.25) is 0 Å². The SMILES string of the molecule is CCCCCCCCCCCCCOCCCCN(C)C. The average molecular weight is 300 g/mol. The highest BCUT2D eigenvalue weighted by atomic mass is 16.5. The summed E-state index contributed by atoms with van der Waals surface area (Å²) in [6, 6.07) is 0. The summed E-state index contributed by atoms with van der Waals surface area (Å²) in [5.74, 6) is 0. The molecule has 0 aliphatic carbocycles. The van der Waals surface area contributed by atoms with Crippen LogP contribution in [-0.4, -0.2) is 38.8 Å². The fourth-order valence-electron chi connectivity index (χ4n) is 2.60. The van der Waals surface area contributed by atoms with Crippen molar-refractivity contribution >= 4 is 0 Å². The summed E-state index contributed by atoms with van der Waals surface area (Å²) in [4.78, 5) is 2.24. The number of nitrogens with zero attached hydrogens (tertiary/aromatic N) is 1. The van der Waals surface area contributed by atoms with Crippen LogP contribution >= 0.6 is 0 Å². The molecule has 2 heteroatoms. The van der Waals surface area contributed by atoms with Crippen LogP contribution in [0.25, 0.3) is 0 Å². The predicted octanol–water partition coefficient (Wildman–Crippen LogP) is 5.66. The van der Waals surface area contributed by atoms with Crippen LogP contribution in [0.4, 0.5) is 0 Å². The van der Waals surface area contributed by atoms with Crippen molar-refractivity contribution in [2.75, 3.05) is 33.9 Å². The summed E-state index contributed by atoms with van der Waals surface area (Å²) in [5.41, 5.74) is 0. The maximum absolute atomic E-state index is 5.68. The predicted molar refractivity (Wildman–Crippen MR) is 95.1 cm³/mol. The Hall–Kier alpha value is -0.0800. The lowest BCUT2D eigenvalue weighted by Crippen LogP contribution is -2.13. The van der Waals surface area contributed by atoms with Gasteiger partial charge in [-0.2, -0.15) is 0 Å². The van der Waals surface area contributed by atoms with Crippen molar-refractivity contribution in [3.63, 3.8) is 0 Å². The molecule has 0 heterocycles. The van der Waals surface area contributed by atoms with Gasteiger partial charge in [0.05, 0.1) is 0 Å². The van der Waals surface area contributed by atoms with Gasteiger partial charge in [0.25, 0.3) is 0 Å². The first-order chi connectivity index (χ1) is 10.3. The molecule has 0 aromatic rings. The highest BCUT2D eigenvalue weighted by Gasteiger charge is 1.94. The Labute approximate surface area is 134 Å². The molecule has 128 valence electrons. The topological polar surface area (TPSA) is 12.5 Å². The van der Waals surface area contributed by atoms with Crippen molar-refractivity contribution in [3.8, 4) is 0 Å². The summed E-state index contributed by atoms with van der Waals surface area (Å²) in [6.07, 6.45) is 17.9. The number of unbranched alkanes of at least 4 members (excludes halogenated alkanes) is 11. The number of hydrogen-bond donors (Lipinski definition) is 0. The number of rotatable bonds is 17. The molecule has 0 fully saturated rings. The van der Waals surface area contributed by atoms with Gasteiger partial charge in [-0.1, -0.05) is 71.1 Å². The molecule has 0 saturated carbocycles. The fraction of sp³-hybridized carbons (Fsp3) is 1.00. The second-order valence-corrected chi connectivity index (χ2v) is 6.66. The molecule has 0 spiro atoms. The summed E-state index contributed by atoms with van der Waals surface area (Å²) < 4.78 is 5.68. The molecule has 0 unspecified atom stereocenters. The Morgan fingerprint density at radius 2 is 1.00 bits per heavy atom. The van der Waals surface area contributed by atoms with Gasteiger partial charge in [-0.05, 0) is 39.9 Å². The van der Waals surface area contributed by atoms with Gasteiger partial charge >= 0.3 is 0 Å². The average Bonchev–Trinajstić information content (AvgIpc) is 2.46. The first kappa shape index (κ1) is 20.9. The monoisotopic (exact) mass is 299 g/mol. The van der Waals surface area contributed by atoms with E-state index in [2.05, 4.69) is 25.9 Å². The van der Waals surface area contributed by atoms with Crippen LogP contribution in [0.15, 0.2) is 0 Å². The van der Waals surface area contributed by atoms with Gasteiger partial charge in [0, 0.05) is 13.2 Å². The third kappa shape index (κ3) is 19.9. The quantitative estimate of drug-likeness (QED) is 0.321. The van der Waals surface area contributed by atoms with E-state index in [0.29, 0.717) is 0 Å². The van der Waals surface area contributed by atoms with E-state index in [9.17, 15) is 0 Å². The van der Waals surface area contributed by atoms with E-state index in [0.717, 1.165) is 13.2 Å². The number of ether oxygens (including phenoxy) is 1. The molecule has 0 aromatic carbocycles. The van der Waals surface area contributed by atoms with Crippen LogP contribution in [-0.2, 0) is 4.74 Å². The molecule has 0 saturated heterocycles. The van der Waals surface area contributed by atoms with Gasteiger partial charge in [-0.25, -0.2) is 0 Å². The molecule has 0 aliphatic rings. The summed E-state index contributed by atoms with van der Waals surface area (Å²) in [5, 5.41) is 0. The second-order valence-electron chi connectivity index (χ2n) is 6.66. The highest BCUT2D eigenvalue weighted by molar-refractivity contribution is 4.48. The van der Waals surface area contributed by atoms with Crippen molar-refractivity contribution in [1.82, 2.24) is 4.90 Å². The van der Waals surface area contributed by atoms with Crippen LogP contribution in [0.1, 0.15) is 90.4 Å².